The molecule has 2 aliphatic rings. The number of terminal acetylenes is 1. The highest BCUT2D eigenvalue weighted by Crippen LogP contribution is 2.55. The largest absolute Gasteiger partial charge is 0.392 e. The third-order valence-electron chi connectivity index (χ3n) is 4.76. The lowest BCUT2D eigenvalue weighted by Crippen LogP contribution is -2.70. The molecule has 0 aromatic carbocycles. The van der Waals surface area contributed by atoms with Crippen LogP contribution in [0.4, 0.5) is 0 Å². The highest BCUT2D eigenvalue weighted by Gasteiger charge is 2.66. The van der Waals surface area contributed by atoms with Crippen molar-refractivity contribution in [1.29, 1.82) is 0 Å². The average molecular weight is 250 g/mol. The van der Waals surface area contributed by atoms with Gasteiger partial charge in [0.15, 0.2) is 5.78 Å². The Morgan fingerprint density at radius 3 is 2.89 bits per heavy atom. The summed E-state index contributed by atoms with van der Waals surface area (Å²) >= 11 is 0. The van der Waals surface area contributed by atoms with Crippen LogP contribution in [0.25, 0.3) is 0 Å². The first-order chi connectivity index (χ1) is 8.62. The van der Waals surface area contributed by atoms with Crippen LogP contribution in [0.2, 0.25) is 0 Å². The van der Waals surface area contributed by atoms with Crippen LogP contribution in [-0.4, -0.2) is 29.7 Å². The molecule has 0 aromatic heterocycles. The van der Waals surface area contributed by atoms with E-state index in [-0.39, 0.29) is 23.5 Å². The van der Waals surface area contributed by atoms with Gasteiger partial charge in [-0.15, -0.1) is 12.3 Å². The Morgan fingerprint density at radius 2 is 2.33 bits per heavy atom. The van der Waals surface area contributed by atoms with Crippen LogP contribution >= 0.6 is 0 Å². The monoisotopic (exact) mass is 250 g/mol. The second kappa shape index (κ2) is 5.03. The molecule has 0 aromatic rings. The number of aliphatic hydroxyl groups is 1. The molecule has 0 bridgehead atoms. The molecule has 0 heterocycles. The number of unbranched alkanes of at least 4 members (excludes halogenated alkanes) is 1. The van der Waals surface area contributed by atoms with Crippen LogP contribution in [0.5, 0.6) is 0 Å². The van der Waals surface area contributed by atoms with Gasteiger partial charge in [-0.05, 0) is 19.3 Å². The third kappa shape index (κ3) is 1.71. The molecule has 0 radical (unpaired) electrons. The van der Waals surface area contributed by atoms with E-state index in [2.05, 4.69) is 12.8 Å². The van der Waals surface area contributed by atoms with Gasteiger partial charge in [-0.1, -0.05) is 19.8 Å². The van der Waals surface area contributed by atoms with E-state index >= 15 is 0 Å². The number of ketones is 1. The molecule has 5 unspecified atom stereocenters. The number of hydrogen-bond donors (Lipinski definition) is 1. The first kappa shape index (κ1) is 13.6. The molecule has 3 heteroatoms. The van der Waals surface area contributed by atoms with E-state index in [1.807, 2.05) is 0 Å². The molecule has 0 aliphatic heterocycles. The summed E-state index contributed by atoms with van der Waals surface area (Å²) in [6.45, 7) is 2.11. The number of hydrogen-bond acceptors (Lipinski definition) is 3. The van der Waals surface area contributed by atoms with E-state index in [9.17, 15) is 9.90 Å². The molecule has 2 fully saturated rings. The van der Waals surface area contributed by atoms with Gasteiger partial charge in [-0.2, -0.15) is 0 Å². The standard InChI is InChI=1S/C15H22O3/c1-4-6-7-11-13-10(5-2)12(16)8-9-15(13,18-3)14(11)17/h2,10-13,16H,4,6-9H2,1,3H3. The van der Waals surface area contributed by atoms with Crippen molar-refractivity contribution in [1.82, 2.24) is 0 Å². The number of aliphatic hydroxyl groups excluding tert-OH is 1. The molecule has 100 valence electrons. The predicted octanol–water partition coefficient (Wildman–Crippen LogP) is 1.78. The normalized spacial score (nSPS) is 42.9. The third-order valence-corrected chi connectivity index (χ3v) is 4.76. The summed E-state index contributed by atoms with van der Waals surface area (Å²) in [7, 11) is 1.59. The number of fused-ring (bicyclic) bond motifs is 1. The number of rotatable bonds is 4. The molecule has 2 rings (SSSR count). The van der Waals surface area contributed by atoms with E-state index in [1.54, 1.807) is 7.11 Å². The van der Waals surface area contributed by atoms with E-state index in [0.29, 0.717) is 12.8 Å². The predicted molar refractivity (Wildman–Crippen MR) is 68.8 cm³/mol. The summed E-state index contributed by atoms with van der Waals surface area (Å²) < 4.78 is 5.52. The second-order valence-electron chi connectivity index (χ2n) is 5.53. The number of carbonyl (C=O) groups excluding carboxylic acids is 1. The van der Waals surface area contributed by atoms with Gasteiger partial charge in [-0.3, -0.25) is 4.79 Å². The van der Waals surface area contributed by atoms with Crippen LogP contribution in [0, 0.1) is 30.1 Å². The zero-order chi connectivity index (χ0) is 13.3. The van der Waals surface area contributed by atoms with Gasteiger partial charge < -0.3 is 9.84 Å². The first-order valence-electron chi connectivity index (χ1n) is 6.86. The lowest BCUT2D eigenvalue weighted by Gasteiger charge is -2.58. The summed E-state index contributed by atoms with van der Waals surface area (Å²) in [6.07, 6.45) is 9.20. The zero-order valence-corrected chi connectivity index (χ0v) is 11.2. The minimum atomic E-state index is -0.700. The van der Waals surface area contributed by atoms with Crippen molar-refractivity contribution in [2.75, 3.05) is 7.11 Å². The van der Waals surface area contributed by atoms with Crippen molar-refractivity contribution in [3.05, 3.63) is 0 Å². The molecule has 0 amide bonds. The molecular weight excluding hydrogens is 228 g/mol. The highest BCUT2D eigenvalue weighted by atomic mass is 16.5. The van der Waals surface area contributed by atoms with Gasteiger partial charge in [-0.25, -0.2) is 0 Å². The SMILES string of the molecule is C#CC1C(O)CCC2(OC)C(=O)C(CCCC)C12. The maximum atomic E-state index is 12.3. The summed E-state index contributed by atoms with van der Waals surface area (Å²) in [6, 6.07) is 0. The topological polar surface area (TPSA) is 46.5 Å². The minimum absolute atomic E-state index is 0.00954. The van der Waals surface area contributed by atoms with E-state index in [0.717, 1.165) is 19.3 Å². The molecule has 18 heavy (non-hydrogen) atoms. The van der Waals surface area contributed by atoms with Crippen molar-refractivity contribution in [2.24, 2.45) is 17.8 Å². The Balaban J connectivity index is 2.23. The summed E-state index contributed by atoms with van der Waals surface area (Å²) in [4.78, 5) is 12.3. The Bertz CT molecular complexity index is 370. The van der Waals surface area contributed by atoms with Crippen molar-refractivity contribution in [3.8, 4) is 12.3 Å². The van der Waals surface area contributed by atoms with Gasteiger partial charge in [0, 0.05) is 18.9 Å². The first-order valence-corrected chi connectivity index (χ1v) is 6.86. The van der Waals surface area contributed by atoms with E-state index in [4.69, 9.17) is 11.2 Å². The number of carbonyl (C=O) groups is 1. The second-order valence-corrected chi connectivity index (χ2v) is 5.53. The number of Topliss-reactive ketones (excluding diaryl/α,β-unsaturated/α-hetero) is 1. The summed E-state index contributed by atoms with van der Waals surface area (Å²) in [5.74, 6) is 2.65. The highest BCUT2D eigenvalue weighted by molar-refractivity contribution is 5.97. The molecular formula is C15H22O3. The Morgan fingerprint density at radius 1 is 1.61 bits per heavy atom. The quantitative estimate of drug-likeness (QED) is 0.774. The van der Waals surface area contributed by atoms with E-state index < -0.39 is 11.7 Å². The van der Waals surface area contributed by atoms with Crippen molar-refractivity contribution in [2.45, 2.75) is 50.7 Å². The lowest BCUT2D eigenvalue weighted by molar-refractivity contribution is -0.208. The molecule has 0 saturated heterocycles. The van der Waals surface area contributed by atoms with Gasteiger partial charge in [0.2, 0.25) is 0 Å². The maximum absolute atomic E-state index is 12.3. The molecule has 2 aliphatic carbocycles. The van der Waals surface area contributed by atoms with Crippen LogP contribution in [-0.2, 0) is 9.53 Å². The smallest absolute Gasteiger partial charge is 0.168 e. The molecule has 5 atom stereocenters. The van der Waals surface area contributed by atoms with Gasteiger partial charge in [0.1, 0.15) is 5.60 Å². The fraction of sp³-hybridized carbons (Fsp3) is 0.800. The van der Waals surface area contributed by atoms with Crippen molar-refractivity contribution >= 4 is 5.78 Å². The van der Waals surface area contributed by atoms with Crippen molar-refractivity contribution in [3.63, 3.8) is 0 Å². The Labute approximate surface area is 109 Å². The van der Waals surface area contributed by atoms with E-state index in [1.165, 1.54) is 0 Å². The molecule has 0 spiro atoms. The Hall–Kier alpha value is -0.850. The van der Waals surface area contributed by atoms with Crippen LogP contribution in [0.3, 0.4) is 0 Å². The summed E-state index contributed by atoms with van der Waals surface area (Å²) in [5.41, 5.74) is -0.700. The lowest BCUT2D eigenvalue weighted by atomic mass is 9.49. The molecule has 1 N–H and O–H groups in total. The zero-order valence-electron chi connectivity index (χ0n) is 11.2. The van der Waals surface area contributed by atoms with Crippen molar-refractivity contribution < 1.29 is 14.6 Å². The maximum Gasteiger partial charge on any atom is 0.168 e. The Kier molecular flexibility index (Phi) is 3.79. The van der Waals surface area contributed by atoms with Crippen LogP contribution < -0.4 is 0 Å². The van der Waals surface area contributed by atoms with Gasteiger partial charge in [0.05, 0.1) is 12.0 Å². The fourth-order valence-electron chi connectivity index (χ4n) is 3.77. The van der Waals surface area contributed by atoms with Crippen LogP contribution in [0.1, 0.15) is 39.0 Å². The summed E-state index contributed by atoms with van der Waals surface area (Å²) in [5, 5.41) is 10.0. The molecule has 2 saturated carbocycles. The van der Waals surface area contributed by atoms with Gasteiger partial charge >= 0.3 is 0 Å². The number of ether oxygens (including phenoxy) is 1. The minimum Gasteiger partial charge on any atom is -0.392 e. The average Bonchev–Trinajstić information content (AvgIpc) is 2.39. The molecule has 3 nitrogen and oxygen atoms in total. The van der Waals surface area contributed by atoms with Crippen LogP contribution in [0.15, 0.2) is 0 Å². The van der Waals surface area contributed by atoms with Gasteiger partial charge in [0.25, 0.3) is 0 Å². The fourth-order valence-corrected chi connectivity index (χ4v) is 3.77. The number of methoxy groups -OCH3 is 1.